The van der Waals surface area contributed by atoms with Crippen molar-refractivity contribution in [1.82, 2.24) is 9.78 Å². The van der Waals surface area contributed by atoms with Crippen LogP contribution >= 0.6 is 11.6 Å². The Morgan fingerprint density at radius 1 is 1.30 bits per heavy atom. The lowest BCUT2D eigenvalue weighted by Crippen LogP contribution is -2.20. The predicted molar refractivity (Wildman–Crippen MR) is 98.1 cm³/mol. The molecule has 0 saturated carbocycles. The highest BCUT2D eigenvalue weighted by atomic mass is 35.5. The molecule has 0 saturated heterocycles. The molecule has 0 atom stereocenters. The highest BCUT2D eigenvalue weighted by molar-refractivity contribution is 7.90. The van der Waals surface area contributed by atoms with E-state index in [1.54, 1.807) is 0 Å². The lowest BCUT2D eigenvalue weighted by Gasteiger charge is -2.15. The van der Waals surface area contributed by atoms with Crippen LogP contribution in [0.25, 0.3) is 0 Å². The maximum absolute atomic E-state index is 13.3. The molecule has 2 rings (SSSR count). The molecule has 0 radical (unpaired) electrons. The number of ether oxygens (including phenoxy) is 2. The molecule has 0 spiro atoms. The number of nitrogens with zero attached hydrogens (tertiary/aromatic N) is 2. The fourth-order valence-corrected chi connectivity index (χ4v) is 3.93. The van der Waals surface area contributed by atoms with E-state index in [0.29, 0.717) is 6.07 Å². The van der Waals surface area contributed by atoms with Gasteiger partial charge in [0.2, 0.25) is 5.91 Å². The van der Waals surface area contributed by atoms with Crippen LogP contribution in [0.1, 0.15) is 12.0 Å². The summed E-state index contributed by atoms with van der Waals surface area (Å²) in [6, 6.07) is 2.41. The van der Waals surface area contributed by atoms with E-state index in [1.165, 1.54) is 7.05 Å². The van der Waals surface area contributed by atoms with Crippen molar-refractivity contribution in [3.05, 3.63) is 28.8 Å². The van der Waals surface area contributed by atoms with Crippen LogP contribution in [-0.2, 0) is 37.4 Å². The van der Waals surface area contributed by atoms with Crippen molar-refractivity contribution in [2.24, 2.45) is 7.05 Å². The molecule has 1 heterocycles. The van der Waals surface area contributed by atoms with Crippen LogP contribution in [0.4, 0.5) is 18.9 Å². The second-order valence-corrected chi connectivity index (χ2v) is 8.24. The summed E-state index contributed by atoms with van der Waals surface area (Å²) >= 11 is 5.98. The Bertz CT molecular complexity index is 1100. The monoisotopic (exact) mass is 469 g/mol. The minimum Gasteiger partial charge on any atom is -0.469 e. The maximum atomic E-state index is 13.3. The van der Waals surface area contributed by atoms with Crippen molar-refractivity contribution in [2.75, 3.05) is 18.7 Å². The molecule has 0 aliphatic carbocycles. The first-order valence-corrected chi connectivity index (χ1v) is 10.2. The first-order valence-electron chi connectivity index (χ1n) is 7.92. The number of alkyl halides is 3. The second kappa shape index (κ2) is 8.52. The topological polar surface area (TPSA) is 117 Å². The molecule has 1 aromatic carbocycles. The third kappa shape index (κ3) is 5.42. The second-order valence-electron chi connectivity index (χ2n) is 5.93. The molecule has 1 amide bonds. The number of amides is 1. The summed E-state index contributed by atoms with van der Waals surface area (Å²) in [5.41, 5.74) is -1.89. The zero-order valence-electron chi connectivity index (χ0n) is 15.7. The summed E-state index contributed by atoms with van der Waals surface area (Å²) < 4.78 is 73.8. The minimum atomic E-state index is -4.82. The normalized spacial score (nSPS) is 11.8. The number of aryl methyl sites for hydroxylation is 1. The molecule has 9 nitrogen and oxygen atoms in total. The van der Waals surface area contributed by atoms with Crippen LogP contribution in [0.3, 0.4) is 0 Å². The molecular weight excluding hydrogens is 455 g/mol. The highest BCUT2D eigenvalue weighted by Crippen LogP contribution is 2.39. The Morgan fingerprint density at radius 3 is 2.43 bits per heavy atom. The average molecular weight is 470 g/mol. The number of rotatable bonds is 6. The van der Waals surface area contributed by atoms with Crippen molar-refractivity contribution < 1.29 is 40.7 Å². The molecule has 30 heavy (non-hydrogen) atoms. The Morgan fingerprint density at radius 2 is 1.93 bits per heavy atom. The summed E-state index contributed by atoms with van der Waals surface area (Å²) in [6.45, 7) is 0. The van der Waals surface area contributed by atoms with Gasteiger partial charge in [-0.1, -0.05) is 11.6 Å². The van der Waals surface area contributed by atoms with E-state index >= 15 is 0 Å². The number of carbonyl (C=O) groups is 2. The summed E-state index contributed by atoms with van der Waals surface area (Å²) in [5.74, 6) is -2.58. The summed E-state index contributed by atoms with van der Waals surface area (Å²) in [6.07, 6.45) is -4.73. The number of nitrogens with one attached hydrogen (secondary N) is 1. The number of hydrogen-bond acceptors (Lipinski definition) is 7. The summed E-state index contributed by atoms with van der Waals surface area (Å²) in [7, 11) is -1.45. The lowest BCUT2D eigenvalue weighted by molar-refractivity contribution is -0.142. The third-order valence-corrected chi connectivity index (χ3v) is 5.20. The first kappa shape index (κ1) is 23.5. The van der Waals surface area contributed by atoms with Gasteiger partial charge in [-0.15, -0.1) is 5.10 Å². The van der Waals surface area contributed by atoms with E-state index in [2.05, 4.69) is 9.84 Å². The molecule has 0 bridgehead atoms. The molecule has 2 aromatic rings. The number of carbonyl (C=O) groups excluding carboxylic acids is 2. The van der Waals surface area contributed by atoms with Crippen LogP contribution in [-0.4, -0.2) is 43.4 Å². The van der Waals surface area contributed by atoms with Gasteiger partial charge < -0.3 is 14.8 Å². The molecule has 0 unspecified atom stereocenters. The fourth-order valence-electron chi connectivity index (χ4n) is 2.37. The smallest absolute Gasteiger partial charge is 0.418 e. The van der Waals surface area contributed by atoms with Crippen LogP contribution in [0.15, 0.2) is 23.2 Å². The highest BCUT2D eigenvalue weighted by Gasteiger charge is 2.34. The van der Waals surface area contributed by atoms with E-state index < -0.39 is 45.6 Å². The molecule has 0 fully saturated rings. The van der Waals surface area contributed by atoms with Crippen molar-refractivity contribution in [1.29, 1.82) is 0 Å². The van der Waals surface area contributed by atoms with Crippen LogP contribution in [0.5, 0.6) is 11.6 Å². The number of benzene rings is 1. The zero-order chi connectivity index (χ0) is 22.9. The van der Waals surface area contributed by atoms with E-state index in [4.69, 9.17) is 16.3 Å². The van der Waals surface area contributed by atoms with Gasteiger partial charge in [0.15, 0.2) is 14.9 Å². The van der Waals surface area contributed by atoms with Crippen LogP contribution < -0.4 is 10.1 Å². The van der Waals surface area contributed by atoms with E-state index in [9.17, 15) is 31.2 Å². The van der Waals surface area contributed by atoms with Crippen molar-refractivity contribution in [3.63, 3.8) is 0 Å². The Kier molecular flexibility index (Phi) is 6.67. The van der Waals surface area contributed by atoms with Crippen molar-refractivity contribution >= 4 is 39.0 Å². The van der Waals surface area contributed by atoms with Crippen LogP contribution in [0, 0.1) is 0 Å². The van der Waals surface area contributed by atoms with E-state index in [-0.39, 0.29) is 21.7 Å². The van der Waals surface area contributed by atoms with Gasteiger partial charge in [-0.3, -0.25) is 14.3 Å². The largest absolute Gasteiger partial charge is 0.469 e. The molecule has 0 aliphatic heterocycles. The van der Waals surface area contributed by atoms with Gasteiger partial charge in [-0.2, -0.15) is 13.2 Å². The van der Waals surface area contributed by atoms with E-state index in [0.717, 1.165) is 30.2 Å². The van der Waals surface area contributed by atoms with Crippen molar-refractivity contribution in [3.8, 4) is 11.6 Å². The fraction of sp³-hybridized carbons (Fsp3) is 0.312. The molecule has 1 aromatic heterocycles. The van der Waals surface area contributed by atoms with Gasteiger partial charge in [-0.05, 0) is 12.1 Å². The molecule has 1 N–H and O–H groups in total. The average Bonchev–Trinajstić information content (AvgIpc) is 2.87. The summed E-state index contributed by atoms with van der Waals surface area (Å²) in [4.78, 5) is 23.0. The number of methoxy groups -OCH3 is 1. The Balaban J connectivity index is 2.42. The van der Waals surface area contributed by atoms with Gasteiger partial charge >= 0.3 is 12.1 Å². The minimum absolute atomic E-state index is 0.226. The van der Waals surface area contributed by atoms with Gasteiger partial charge in [0, 0.05) is 19.4 Å². The Labute approximate surface area is 173 Å². The Hall–Kier alpha value is -2.80. The predicted octanol–water partition coefficient (Wildman–Crippen LogP) is 2.79. The quantitative estimate of drug-likeness (QED) is 0.510. The van der Waals surface area contributed by atoms with E-state index in [1.807, 2.05) is 5.32 Å². The molecule has 0 aliphatic rings. The number of anilines is 1. The maximum Gasteiger partial charge on any atom is 0.418 e. The standard InChI is InChI=1S/C16H15ClF3N3O6S/c1-23-15(30(3,26)27)13(17)14(22-23)29-8-4-5-9(16(18,19)20)10(6-8)21-11(24)7-12(25)28-2/h4-6H,7H2,1-3H3,(H,21,24). The van der Waals surface area contributed by atoms with Gasteiger partial charge in [-0.25, -0.2) is 8.42 Å². The van der Waals surface area contributed by atoms with Gasteiger partial charge in [0.1, 0.15) is 17.2 Å². The number of hydrogen-bond donors (Lipinski definition) is 1. The molecular formula is C16H15ClF3N3O6S. The number of halogens is 4. The number of sulfone groups is 1. The molecule has 14 heteroatoms. The van der Waals surface area contributed by atoms with Crippen LogP contribution in [0.2, 0.25) is 5.02 Å². The number of esters is 1. The zero-order valence-corrected chi connectivity index (χ0v) is 17.3. The molecule has 164 valence electrons. The summed E-state index contributed by atoms with van der Waals surface area (Å²) in [5, 5.41) is 5.05. The third-order valence-electron chi connectivity index (χ3n) is 3.58. The lowest BCUT2D eigenvalue weighted by atomic mass is 10.1. The van der Waals surface area contributed by atoms with Crippen molar-refractivity contribution in [2.45, 2.75) is 17.6 Å². The van der Waals surface area contributed by atoms with Gasteiger partial charge in [0.05, 0.1) is 18.4 Å². The van der Waals surface area contributed by atoms with Gasteiger partial charge in [0.25, 0.3) is 5.88 Å². The SMILES string of the molecule is COC(=O)CC(=O)Nc1cc(Oc2nn(C)c(S(C)(=O)=O)c2Cl)ccc1C(F)(F)F. The first-order chi connectivity index (χ1) is 13.7. The number of aromatic nitrogens is 2.